The summed E-state index contributed by atoms with van der Waals surface area (Å²) in [5.41, 5.74) is 3.28. The highest BCUT2D eigenvalue weighted by atomic mass is 32.1. The van der Waals surface area contributed by atoms with Crippen molar-refractivity contribution in [3.8, 4) is 22.0 Å². The maximum atomic E-state index is 12.6. The van der Waals surface area contributed by atoms with Gasteiger partial charge in [0.2, 0.25) is 5.91 Å². The summed E-state index contributed by atoms with van der Waals surface area (Å²) in [6.07, 6.45) is 3.76. The van der Waals surface area contributed by atoms with Gasteiger partial charge in [0.1, 0.15) is 10.8 Å². The molecule has 0 aliphatic carbocycles. The van der Waals surface area contributed by atoms with Crippen LogP contribution in [0.5, 0.6) is 5.75 Å². The largest absolute Gasteiger partial charge is 0.494 e. The molecule has 0 bridgehead atoms. The van der Waals surface area contributed by atoms with Crippen molar-refractivity contribution < 1.29 is 9.53 Å². The Hall–Kier alpha value is -3.45. The average Bonchev–Trinajstić information content (AvgIpc) is 3.42. The number of nitrogens with one attached hydrogen (secondary N) is 1. The van der Waals surface area contributed by atoms with Crippen molar-refractivity contribution in [3.63, 3.8) is 0 Å². The van der Waals surface area contributed by atoms with Gasteiger partial charge in [-0.3, -0.25) is 4.79 Å². The van der Waals surface area contributed by atoms with E-state index in [2.05, 4.69) is 15.4 Å². The third-order valence-corrected chi connectivity index (χ3v) is 5.18. The lowest BCUT2D eigenvalue weighted by Gasteiger charge is -2.10. The van der Waals surface area contributed by atoms with Gasteiger partial charge in [0.05, 0.1) is 30.1 Å². The Morgan fingerprint density at radius 3 is 2.72 bits per heavy atom. The Balaban J connectivity index is 1.44. The zero-order valence-electron chi connectivity index (χ0n) is 15.9. The van der Waals surface area contributed by atoms with Crippen LogP contribution in [0.1, 0.15) is 12.6 Å². The van der Waals surface area contributed by atoms with Gasteiger partial charge >= 0.3 is 0 Å². The summed E-state index contributed by atoms with van der Waals surface area (Å²) in [5.74, 6) is 0.719. The van der Waals surface area contributed by atoms with Gasteiger partial charge < -0.3 is 10.1 Å². The van der Waals surface area contributed by atoms with Crippen molar-refractivity contribution in [2.45, 2.75) is 13.3 Å². The number of amides is 1. The smallest absolute Gasteiger partial charge is 0.230 e. The van der Waals surface area contributed by atoms with Gasteiger partial charge in [-0.2, -0.15) is 5.10 Å². The molecule has 2 aromatic carbocycles. The molecule has 146 valence electrons. The maximum absolute atomic E-state index is 12.6. The van der Waals surface area contributed by atoms with Crippen LogP contribution in [-0.2, 0) is 11.2 Å². The topological polar surface area (TPSA) is 69.0 Å². The number of carbonyl (C=O) groups excluding carboxylic acids is 1. The normalized spacial score (nSPS) is 10.7. The predicted octanol–water partition coefficient (Wildman–Crippen LogP) is 4.58. The van der Waals surface area contributed by atoms with Crippen molar-refractivity contribution in [2.75, 3.05) is 11.9 Å². The standard InChI is InChI=1S/C22H20N4O2S/c1-2-28-18-10-8-16(9-11-18)22-24-17(15-29-22)14-21(27)25-19-6-3-4-7-20(19)26-13-5-12-23-26/h3-13,15H,2,14H2,1H3,(H,25,27). The van der Waals surface area contributed by atoms with Crippen molar-refractivity contribution in [3.05, 3.63) is 78.1 Å². The van der Waals surface area contributed by atoms with E-state index in [1.54, 1.807) is 10.9 Å². The molecular weight excluding hydrogens is 384 g/mol. The molecule has 4 rings (SSSR count). The summed E-state index contributed by atoms with van der Waals surface area (Å²) in [4.78, 5) is 17.2. The monoisotopic (exact) mass is 404 g/mol. The molecule has 0 unspecified atom stereocenters. The molecule has 0 fully saturated rings. The number of aromatic nitrogens is 3. The average molecular weight is 404 g/mol. The van der Waals surface area contributed by atoms with Gasteiger partial charge in [0.15, 0.2) is 0 Å². The van der Waals surface area contributed by atoms with Crippen LogP contribution in [0, 0.1) is 0 Å². The third kappa shape index (κ3) is 4.52. The van der Waals surface area contributed by atoms with Crippen LogP contribution in [0.2, 0.25) is 0 Å². The summed E-state index contributed by atoms with van der Waals surface area (Å²) in [5, 5.41) is 10.0. The maximum Gasteiger partial charge on any atom is 0.230 e. The molecular formula is C22H20N4O2S. The molecule has 29 heavy (non-hydrogen) atoms. The second kappa shape index (κ2) is 8.70. The Bertz CT molecular complexity index is 1090. The van der Waals surface area contributed by atoms with E-state index in [-0.39, 0.29) is 12.3 Å². The second-order valence-electron chi connectivity index (χ2n) is 6.29. The highest BCUT2D eigenvalue weighted by Gasteiger charge is 2.12. The molecule has 0 atom stereocenters. The molecule has 7 heteroatoms. The fraction of sp³-hybridized carbons (Fsp3) is 0.136. The molecule has 2 heterocycles. The molecule has 4 aromatic rings. The molecule has 6 nitrogen and oxygen atoms in total. The van der Waals surface area contributed by atoms with Gasteiger partial charge in [-0.05, 0) is 49.4 Å². The third-order valence-electron chi connectivity index (χ3n) is 4.24. The van der Waals surface area contributed by atoms with E-state index in [0.29, 0.717) is 12.3 Å². The van der Waals surface area contributed by atoms with E-state index in [0.717, 1.165) is 27.7 Å². The quantitative estimate of drug-likeness (QED) is 0.490. The molecule has 1 amide bonds. The zero-order chi connectivity index (χ0) is 20.1. The molecule has 0 aliphatic rings. The molecule has 0 saturated carbocycles. The van der Waals surface area contributed by atoms with Gasteiger partial charge in [-0.25, -0.2) is 9.67 Å². The van der Waals surface area contributed by atoms with E-state index in [4.69, 9.17) is 4.74 Å². The SMILES string of the molecule is CCOc1ccc(-c2nc(CC(=O)Nc3ccccc3-n3cccn3)cs2)cc1. The Kier molecular flexibility index (Phi) is 5.67. The number of anilines is 1. The molecule has 0 spiro atoms. The lowest BCUT2D eigenvalue weighted by Crippen LogP contribution is -2.16. The van der Waals surface area contributed by atoms with Crippen molar-refractivity contribution in [1.29, 1.82) is 0 Å². The Morgan fingerprint density at radius 2 is 1.97 bits per heavy atom. The fourth-order valence-corrected chi connectivity index (χ4v) is 3.76. The minimum Gasteiger partial charge on any atom is -0.494 e. The number of hydrogen-bond acceptors (Lipinski definition) is 5. The summed E-state index contributed by atoms with van der Waals surface area (Å²) in [7, 11) is 0. The van der Waals surface area contributed by atoms with Crippen LogP contribution in [0.3, 0.4) is 0 Å². The van der Waals surface area contributed by atoms with Gasteiger partial charge in [-0.1, -0.05) is 12.1 Å². The van der Waals surface area contributed by atoms with Crippen LogP contribution in [0.4, 0.5) is 5.69 Å². The van der Waals surface area contributed by atoms with E-state index in [1.807, 2.05) is 73.1 Å². The number of rotatable bonds is 7. The number of carbonyl (C=O) groups is 1. The van der Waals surface area contributed by atoms with Crippen molar-refractivity contribution >= 4 is 22.9 Å². The molecule has 1 N–H and O–H groups in total. The first-order valence-electron chi connectivity index (χ1n) is 9.29. The minimum absolute atomic E-state index is 0.117. The van der Waals surface area contributed by atoms with Gasteiger partial charge in [0.25, 0.3) is 0 Å². The lowest BCUT2D eigenvalue weighted by molar-refractivity contribution is -0.115. The first-order chi connectivity index (χ1) is 14.2. The first kappa shape index (κ1) is 18.9. The molecule has 0 radical (unpaired) electrons. The van der Waals surface area contributed by atoms with E-state index in [9.17, 15) is 4.79 Å². The number of ether oxygens (including phenoxy) is 1. The van der Waals surface area contributed by atoms with Crippen molar-refractivity contribution in [2.24, 2.45) is 0 Å². The number of hydrogen-bond donors (Lipinski definition) is 1. The summed E-state index contributed by atoms with van der Waals surface area (Å²) in [6.45, 7) is 2.60. The Labute approximate surface area is 172 Å². The van der Waals surface area contributed by atoms with Crippen LogP contribution in [0.25, 0.3) is 16.3 Å². The number of para-hydroxylation sites is 2. The number of thiazole rings is 1. The number of benzene rings is 2. The van der Waals surface area contributed by atoms with E-state index in [1.165, 1.54) is 11.3 Å². The fourth-order valence-electron chi connectivity index (χ4n) is 2.93. The van der Waals surface area contributed by atoms with E-state index >= 15 is 0 Å². The summed E-state index contributed by atoms with van der Waals surface area (Å²) >= 11 is 1.53. The predicted molar refractivity (Wildman–Crippen MR) is 115 cm³/mol. The van der Waals surface area contributed by atoms with Crippen LogP contribution in [-0.4, -0.2) is 27.3 Å². The second-order valence-corrected chi connectivity index (χ2v) is 7.15. The summed E-state index contributed by atoms with van der Waals surface area (Å²) < 4.78 is 7.20. The van der Waals surface area contributed by atoms with Crippen LogP contribution < -0.4 is 10.1 Å². The van der Waals surface area contributed by atoms with Crippen LogP contribution in [0.15, 0.2) is 72.4 Å². The van der Waals surface area contributed by atoms with Crippen molar-refractivity contribution in [1.82, 2.24) is 14.8 Å². The minimum atomic E-state index is -0.117. The zero-order valence-corrected chi connectivity index (χ0v) is 16.7. The van der Waals surface area contributed by atoms with E-state index < -0.39 is 0 Å². The molecule has 0 aliphatic heterocycles. The highest BCUT2D eigenvalue weighted by Crippen LogP contribution is 2.26. The number of nitrogens with zero attached hydrogens (tertiary/aromatic N) is 3. The molecule has 0 saturated heterocycles. The summed E-state index contributed by atoms with van der Waals surface area (Å²) in [6, 6.07) is 17.2. The van der Waals surface area contributed by atoms with Crippen LogP contribution >= 0.6 is 11.3 Å². The van der Waals surface area contributed by atoms with Gasteiger partial charge in [-0.15, -0.1) is 11.3 Å². The molecule has 2 aromatic heterocycles. The first-order valence-corrected chi connectivity index (χ1v) is 10.2. The Morgan fingerprint density at radius 1 is 1.14 bits per heavy atom. The van der Waals surface area contributed by atoms with Gasteiger partial charge in [0, 0.05) is 23.3 Å². The highest BCUT2D eigenvalue weighted by molar-refractivity contribution is 7.13. The lowest BCUT2D eigenvalue weighted by atomic mass is 10.2.